The molecule has 0 radical (unpaired) electrons. The molecule has 1 aromatic heterocycles. The summed E-state index contributed by atoms with van der Waals surface area (Å²) in [6.07, 6.45) is -0.503. The molecule has 0 fully saturated rings. The third kappa shape index (κ3) is 1.51. The average molecular weight is 156 g/mol. The molecule has 1 N–H and O–H groups in total. The quantitative estimate of drug-likeness (QED) is 0.677. The van der Waals surface area contributed by atoms with Gasteiger partial charge in [-0.1, -0.05) is 0 Å². The van der Waals surface area contributed by atoms with E-state index in [-0.39, 0.29) is 0 Å². The Kier molecular flexibility index (Phi) is 2.14. The second kappa shape index (κ2) is 2.92. The van der Waals surface area contributed by atoms with Gasteiger partial charge in [-0.3, -0.25) is 4.68 Å². The zero-order valence-corrected chi connectivity index (χ0v) is 6.90. The normalized spacial score (nSPS) is 13.1. The molecule has 0 bridgehead atoms. The van der Waals surface area contributed by atoms with E-state index in [1.165, 1.54) is 0 Å². The van der Waals surface area contributed by atoms with Gasteiger partial charge >= 0.3 is 0 Å². The van der Waals surface area contributed by atoms with Crippen LogP contribution in [0, 0.1) is 0 Å². The number of methoxy groups -OCH3 is 1. The first-order valence-corrected chi connectivity index (χ1v) is 3.41. The SMILES string of the molecule is COc1cc(C(C)O)n(C)n1. The first-order valence-electron chi connectivity index (χ1n) is 3.41. The minimum Gasteiger partial charge on any atom is -0.480 e. The van der Waals surface area contributed by atoms with Crippen LogP contribution in [0.15, 0.2) is 6.07 Å². The van der Waals surface area contributed by atoms with Gasteiger partial charge in [0, 0.05) is 13.1 Å². The first kappa shape index (κ1) is 8.07. The summed E-state index contributed by atoms with van der Waals surface area (Å²) in [6, 6.07) is 1.71. The van der Waals surface area contributed by atoms with E-state index in [4.69, 9.17) is 4.74 Å². The van der Waals surface area contributed by atoms with Gasteiger partial charge in [-0.15, -0.1) is 5.10 Å². The predicted molar refractivity (Wildman–Crippen MR) is 40.4 cm³/mol. The lowest BCUT2D eigenvalue weighted by Gasteiger charge is -2.01. The Bertz CT molecular complexity index is 243. The van der Waals surface area contributed by atoms with Crippen molar-refractivity contribution in [2.45, 2.75) is 13.0 Å². The third-order valence-electron chi connectivity index (χ3n) is 1.53. The smallest absolute Gasteiger partial charge is 0.232 e. The fourth-order valence-corrected chi connectivity index (χ4v) is 0.945. The van der Waals surface area contributed by atoms with Crippen molar-refractivity contribution in [3.63, 3.8) is 0 Å². The minimum atomic E-state index is -0.503. The summed E-state index contributed by atoms with van der Waals surface area (Å²) in [7, 11) is 3.32. The molecule has 0 aliphatic rings. The van der Waals surface area contributed by atoms with Crippen LogP contribution < -0.4 is 4.74 Å². The average Bonchev–Trinajstić information content (AvgIpc) is 2.30. The number of rotatable bonds is 2. The molecule has 1 heterocycles. The van der Waals surface area contributed by atoms with Crippen LogP contribution in [0.2, 0.25) is 0 Å². The molecule has 11 heavy (non-hydrogen) atoms. The van der Waals surface area contributed by atoms with Crippen molar-refractivity contribution < 1.29 is 9.84 Å². The number of ether oxygens (including phenoxy) is 1. The Balaban J connectivity index is 2.97. The summed E-state index contributed by atoms with van der Waals surface area (Å²) < 4.78 is 6.48. The van der Waals surface area contributed by atoms with Crippen LogP contribution in [-0.4, -0.2) is 22.0 Å². The Morgan fingerprint density at radius 1 is 1.73 bits per heavy atom. The fraction of sp³-hybridized carbons (Fsp3) is 0.571. The second-order valence-electron chi connectivity index (χ2n) is 2.41. The highest BCUT2D eigenvalue weighted by Crippen LogP contribution is 2.16. The van der Waals surface area contributed by atoms with Crippen LogP contribution in [-0.2, 0) is 7.05 Å². The van der Waals surface area contributed by atoms with Crippen molar-refractivity contribution in [3.8, 4) is 5.88 Å². The molecule has 0 saturated heterocycles. The van der Waals surface area contributed by atoms with Crippen molar-refractivity contribution in [1.29, 1.82) is 0 Å². The molecule has 1 aromatic rings. The van der Waals surface area contributed by atoms with Crippen LogP contribution >= 0.6 is 0 Å². The molecule has 0 aliphatic heterocycles. The fourth-order valence-electron chi connectivity index (χ4n) is 0.945. The minimum absolute atomic E-state index is 0.503. The van der Waals surface area contributed by atoms with Gasteiger partial charge < -0.3 is 9.84 Å². The Morgan fingerprint density at radius 2 is 2.36 bits per heavy atom. The number of aliphatic hydroxyl groups excluding tert-OH is 1. The van der Waals surface area contributed by atoms with Crippen LogP contribution in [0.5, 0.6) is 5.88 Å². The summed E-state index contributed by atoms with van der Waals surface area (Å²) in [4.78, 5) is 0. The van der Waals surface area contributed by atoms with Crippen LogP contribution in [0.3, 0.4) is 0 Å². The van der Waals surface area contributed by atoms with Crippen molar-refractivity contribution in [1.82, 2.24) is 9.78 Å². The summed E-state index contributed by atoms with van der Waals surface area (Å²) in [6.45, 7) is 1.69. The van der Waals surface area contributed by atoms with Gasteiger partial charge in [-0.25, -0.2) is 0 Å². The van der Waals surface area contributed by atoms with E-state index in [2.05, 4.69) is 5.10 Å². The number of hydrogen-bond donors (Lipinski definition) is 1. The van der Waals surface area contributed by atoms with E-state index in [0.29, 0.717) is 5.88 Å². The lowest BCUT2D eigenvalue weighted by atomic mass is 10.3. The van der Waals surface area contributed by atoms with Crippen LogP contribution in [0.4, 0.5) is 0 Å². The zero-order valence-electron chi connectivity index (χ0n) is 6.90. The highest BCUT2D eigenvalue weighted by molar-refractivity contribution is 5.16. The van der Waals surface area contributed by atoms with Crippen molar-refractivity contribution in [2.24, 2.45) is 7.05 Å². The third-order valence-corrected chi connectivity index (χ3v) is 1.53. The molecule has 0 saturated carbocycles. The Morgan fingerprint density at radius 3 is 2.64 bits per heavy atom. The molecular weight excluding hydrogens is 144 g/mol. The molecule has 0 spiro atoms. The Labute approximate surface area is 65.4 Å². The predicted octanol–water partition coefficient (Wildman–Crippen LogP) is 0.482. The summed E-state index contributed by atoms with van der Waals surface area (Å²) in [5.41, 5.74) is 0.752. The van der Waals surface area contributed by atoms with Gasteiger partial charge in [0.15, 0.2) is 0 Å². The van der Waals surface area contributed by atoms with E-state index in [1.54, 1.807) is 31.8 Å². The number of aryl methyl sites for hydroxylation is 1. The van der Waals surface area contributed by atoms with E-state index >= 15 is 0 Å². The molecule has 4 heteroatoms. The molecule has 0 amide bonds. The number of nitrogens with zero attached hydrogens (tertiary/aromatic N) is 2. The molecule has 4 nitrogen and oxygen atoms in total. The van der Waals surface area contributed by atoms with Gasteiger partial charge in [0.25, 0.3) is 0 Å². The van der Waals surface area contributed by atoms with Gasteiger partial charge in [0.1, 0.15) is 0 Å². The monoisotopic (exact) mass is 156 g/mol. The number of aromatic nitrogens is 2. The van der Waals surface area contributed by atoms with Gasteiger partial charge in [0.2, 0.25) is 5.88 Å². The summed E-state index contributed by atoms with van der Waals surface area (Å²) in [5.74, 6) is 0.531. The lowest BCUT2D eigenvalue weighted by molar-refractivity contribution is 0.189. The van der Waals surface area contributed by atoms with E-state index in [9.17, 15) is 5.11 Å². The van der Waals surface area contributed by atoms with Gasteiger partial charge in [-0.05, 0) is 6.92 Å². The standard InChI is InChI=1S/C7H12N2O2/c1-5(10)6-4-7(11-3)8-9(6)2/h4-5,10H,1-3H3. The second-order valence-corrected chi connectivity index (χ2v) is 2.41. The highest BCUT2D eigenvalue weighted by atomic mass is 16.5. The number of hydrogen-bond acceptors (Lipinski definition) is 3. The van der Waals surface area contributed by atoms with Crippen LogP contribution in [0.25, 0.3) is 0 Å². The van der Waals surface area contributed by atoms with Crippen molar-refractivity contribution >= 4 is 0 Å². The largest absolute Gasteiger partial charge is 0.480 e. The zero-order chi connectivity index (χ0) is 8.43. The molecule has 0 aliphatic carbocycles. The molecule has 1 unspecified atom stereocenters. The maximum absolute atomic E-state index is 9.20. The molecule has 62 valence electrons. The van der Waals surface area contributed by atoms with Crippen molar-refractivity contribution in [3.05, 3.63) is 11.8 Å². The van der Waals surface area contributed by atoms with E-state index in [0.717, 1.165) is 5.69 Å². The van der Waals surface area contributed by atoms with E-state index in [1.807, 2.05) is 0 Å². The van der Waals surface area contributed by atoms with Gasteiger partial charge in [0.05, 0.1) is 18.9 Å². The summed E-state index contributed by atoms with van der Waals surface area (Å²) in [5, 5.41) is 13.2. The highest BCUT2D eigenvalue weighted by Gasteiger charge is 2.08. The first-order chi connectivity index (χ1) is 5.15. The molecule has 1 rings (SSSR count). The molecule has 0 aromatic carbocycles. The Hall–Kier alpha value is -1.03. The van der Waals surface area contributed by atoms with Crippen LogP contribution in [0.1, 0.15) is 18.7 Å². The van der Waals surface area contributed by atoms with E-state index < -0.39 is 6.10 Å². The summed E-state index contributed by atoms with van der Waals surface area (Å²) >= 11 is 0. The lowest BCUT2D eigenvalue weighted by Crippen LogP contribution is -2.01. The number of aliphatic hydroxyl groups is 1. The van der Waals surface area contributed by atoms with Crippen molar-refractivity contribution in [2.75, 3.05) is 7.11 Å². The molecular formula is C7H12N2O2. The topological polar surface area (TPSA) is 47.3 Å². The molecule has 1 atom stereocenters. The maximum atomic E-state index is 9.20. The van der Waals surface area contributed by atoms with Gasteiger partial charge in [-0.2, -0.15) is 0 Å². The maximum Gasteiger partial charge on any atom is 0.232 e.